The van der Waals surface area contributed by atoms with Crippen molar-refractivity contribution in [2.45, 2.75) is 109 Å². The molecule has 0 bridgehead atoms. The molecule has 1 aliphatic rings. The number of hydrogen-bond donors (Lipinski definition) is 8. The number of hydrogen-bond acceptors (Lipinski definition) is 14. The van der Waals surface area contributed by atoms with Crippen molar-refractivity contribution in [3.63, 3.8) is 0 Å². The summed E-state index contributed by atoms with van der Waals surface area (Å²) < 4.78 is 1.01. The van der Waals surface area contributed by atoms with Crippen molar-refractivity contribution < 1.29 is 78.6 Å². The quantitative estimate of drug-likeness (QED) is 0.0387. The number of carbonyl (C=O) groups excluding carboxylic acids is 4. The molecule has 0 aliphatic carbocycles. The molecule has 3 atom stereocenters. The molecular formula is C45H68IN7O16. The van der Waals surface area contributed by atoms with Crippen LogP contribution >= 0.6 is 22.6 Å². The number of benzene rings is 1. The van der Waals surface area contributed by atoms with Crippen LogP contribution in [0.2, 0.25) is 0 Å². The average Bonchev–Trinajstić information content (AvgIpc) is 3.25. The van der Waals surface area contributed by atoms with Crippen molar-refractivity contribution in [3.8, 4) is 0 Å². The van der Waals surface area contributed by atoms with Gasteiger partial charge in [0, 0.05) is 94.7 Å². The number of rotatable bonds is 31. The molecule has 386 valence electrons. The standard InChI is InChI=1S/C45H68IN7O16/c1-31(54)35(15-17-39(57)58)47-45(69)48-36(43(65)66)8-5-6-18-53(27-32-10-12-33(46)13-11-32)38(56)9-4-2-3-7-34(55)14-16-37(44(67)68)52-25-23-50(29-41(61)62)21-19-49(28-40(59)60)20-22-51(24-26-52)30-42(63)64/h10-13,35-37H,2-9,14-30H2,1H3,(H,57,58)(H,59,60)(H,61,62)(H,63,64)(H,65,66)(H,67,68)(H2,47,48,69)/t35-,36-,37?/m0/s1. The van der Waals surface area contributed by atoms with E-state index in [1.807, 2.05) is 24.3 Å². The van der Waals surface area contributed by atoms with Crippen molar-refractivity contribution in [2.75, 3.05) is 78.5 Å². The predicted molar refractivity (Wildman–Crippen MR) is 255 cm³/mol. The van der Waals surface area contributed by atoms with E-state index in [2.05, 4.69) is 33.2 Å². The Morgan fingerprint density at radius 2 is 1.07 bits per heavy atom. The van der Waals surface area contributed by atoms with E-state index >= 15 is 0 Å². The molecule has 1 heterocycles. The van der Waals surface area contributed by atoms with Gasteiger partial charge in [0.2, 0.25) is 5.91 Å². The highest BCUT2D eigenvalue weighted by Gasteiger charge is 2.29. The summed E-state index contributed by atoms with van der Waals surface area (Å²) in [5.41, 5.74) is 0.880. The third-order valence-corrected chi connectivity index (χ3v) is 12.3. The fraction of sp³-hybridized carbons (Fsp3) is 0.644. The number of amides is 3. The van der Waals surface area contributed by atoms with Crippen LogP contribution in [-0.2, 0) is 49.7 Å². The van der Waals surface area contributed by atoms with Gasteiger partial charge < -0.3 is 46.2 Å². The Hall–Kier alpha value is -5.31. The number of nitrogens with one attached hydrogen (secondary N) is 2. The van der Waals surface area contributed by atoms with Crippen LogP contribution in [0.1, 0.15) is 89.5 Å². The summed E-state index contributed by atoms with van der Waals surface area (Å²) in [6.45, 7) is 1.84. The monoisotopic (exact) mass is 1090 g/mol. The first-order valence-corrected chi connectivity index (χ1v) is 24.1. The molecule has 69 heavy (non-hydrogen) atoms. The molecule has 1 aromatic carbocycles. The maximum absolute atomic E-state index is 13.5. The maximum Gasteiger partial charge on any atom is 0.326 e. The van der Waals surface area contributed by atoms with Crippen LogP contribution in [0.4, 0.5) is 4.79 Å². The molecule has 3 amide bonds. The summed E-state index contributed by atoms with van der Waals surface area (Å²) in [6.07, 6.45) is 1.84. The molecule has 24 heteroatoms. The van der Waals surface area contributed by atoms with Crippen molar-refractivity contribution >= 4 is 81.9 Å². The largest absolute Gasteiger partial charge is 0.481 e. The zero-order valence-electron chi connectivity index (χ0n) is 39.1. The van der Waals surface area contributed by atoms with Crippen molar-refractivity contribution in [1.29, 1.82) is 0 Å². The molecule has 0 radical (unpaired) electrons. The summed E-state index contributed by atoms with van der Waals surface area (Å²) >= 11 is 2.17. The van der Waals surface area contributed by atoms with Gasteiger partial charge >= 0.3 is 41.8 Å². The number of carboxylic acid groups (broad SMARTS) is 6. The zero-order chi connectivity index (χ0) is 51.5. The van der Waals surface area contributed by atoms with Crippen LogP contribution in [0.3, 0.4) is 0 Å². The Balaban J connectivity index is 1.99. The zero-order valence-corrected chi connectivity index (χ0v) is 41.3. The van der Waals surface area contributed by atoms with Gasteiger partial charge in [-0.05, 0) is 92.2 Å². The Labute approximate surface area is 414 Å². The van der Waals surface area contributed by atoms with Gasteiger partial charge in [-0.2, -0.15) is 0 Å². The van der Waals surface area contributed by atoms with E-state index < -0.39 is 65.8 Å². The van der Waals surface area contributed by atoms with E-state index in [9.17, 15) is 73.5 Å². The normalized spacial score (nSPS) is 15.9. The van der Waals surface area contributed by atoms with Crippen LogP contribution in [0, 0.1) is 3.57 Å². The van der Waals surface area contributed by atoms with Crippen LogP contribution in [0.15, 0.2) is 24.3 Å². The Morgan fingerprint density at radius 1 is 0.565 bits per heavy atom. The van der Waals surface area contributed by atoms with Crippen LogP contribution in [0.5, 0.6) is 0 Å². The van der Waals surface area contributed by atoms with Gasteiger partial charge in [0.25, 0.3) is 0 Å². The van der Waals surface area contributed by atoms with Gasteiger partial charge in [-0.1, -0.05) is 18.6 Å². The third kappa shape index (κ3) is 26.3. The predicted octanol–water partition coefficient (Wildman–Crippen LogP) is 1.59. The lowest BCUT2D eigenvalue weighted by molar-refractivity contribution is -0.145. The fourth-order valence-corrected chi connectivity index (χ4v) is 8.10. The van der Waals surface area contributed by atoms with E-state index in [1.165, 1.54) is 6.92 Å². The lowest BCUT2D eigenvalue weighted by Crippen LogP contribution is -2.51. The molecule has 8 N–H and O–H groups in total. The molecule has 23 nitrogen and oxygen atoms in total. The highest BCUT2D eigenvalue weighted by atomic mass is 127. The number of carboxylic acids is 6. The summed E-state index contributed by atoms with van der Waals surface area (Å²) in [5.74, 6) is -7.79. The number of aliphatic carboxylic acids is 6. The molecule has 1 aliphatic heterocycles. The van der Waals surface area contributed by atoms with E-state index in [1.54, 1.807) is 24.5 Å². The number of ketones is 2. The minimum absolute atomic E-state index is 0.0147. The number of Topliss-reactive ketones (excluding diaryl/α,β-unsaturated/α-hetero) is 2. The average molecular weight is 1090 g/mol. The lowest BCUT2D eigenvalue weighted by Gasteiger charge is -2.35. The number of halogens is 1. The van der Waals surface area contributed by atoms with Gasteiger partial charge in [0.15, 0.2) is 5.78 Å². The maximum atomic E-state index is 13.5. The van der Waals surface area contributed by atoms with Gasteiger partial charge in [-0.3, -0.25) is 58.0 Å². The first kappa shape index (κ1) is 59.8. The van der Waals surface area contributed by atoms with Crippen LogP contribution in [-0.4, -0.2) is 211 Å². The molecule has 0 spiro atoms. The van der Waals surface area contributed by atoms with E-state index in [4.69, 9.17) is 5.11 Å². The number of carbonyl (C=O) groups is 10. The number of nitrogens with zero attached hydrogens (tertiary/aromatic N) is 5. The van der Waals surface area contributed by atoms with Crippen LogP contribution in [0.25, 0.3) is 0 Å². The molecule has 0 saturated carbocycles. The molecule has 1 fully saturated rings. The molecule has 1 unspecified atom stereocenters. The van der Waals surface area contributed by atoms with Gasteiger partial charge in [0.05, 0.1) is 25.7 Å². The summed E-state index contributed by atoms with van der Waals surface area (Å²) in [6, 6.07) is 3.14. The van der Waals surface area contributed by atoms with E-state index in [0.29, 0.717) is 38.6 Å². The molecule has 0 aromatic heterocycles. The second kappa shape index (κ2) is 32.5. The lowest BCUT2D eigenvalue weighted by atomic mass is 10.0. The summed E-state index contributed by atoms with van der Waals surface area (Å²) in [7, 11) is 0. The van der Waals surface area contributed by atoms with Gasteiger partial charge in [-0.15, -0.1) is 0 Å². The molecule has 2 rings (SSSR count). The molecule has 1 aromatic rings. The third-order valence-electron chi connectivity index (χ3n) is 11.6. The summed E-state index contributed by atoms with van der Waals surface area (Å²) in [4.78, 5) is 129. The van der Waals surface area contributed by atoms with E-state index in [-0.39, 0.29) is 135 Å². The molecular weight excluding hydrogens is 1020 g/mol. The minimum Gasteiger partial charge on any atom is -0.481 e. The fourth-order valence-electron chi connectivity index (χ4n) is 7.74. The Kier molecular flexibility index (Phi) is 28.2. The summed E-state index contributed by atoms with van der Waals surface area (Å²) in [5, 5.41) is 62.1. The second-order valence-corrected chi connectivity index (χ2v) is 18.3. The van der Waals surface area contributed by atoms with Gasteiger partial charge in [0.1, 0.15) is 17.9 Å². The first-order chi connectivity index (χ1) is 32.6. The SMILES string of the molecule is CC(=O)[C@H](CCC(=O)O)NC(=O)N[C@@H](CCCCN(Cc1ccc(I)cc1)C(=O)CCCCCC(=O)CCC(C(=O)O)N1CCN(CC(=O)O)CCN(CC(=O)O)CCN(CC(=O)O)CC1)C(=O)O. The van der Waals surface area contributed by atoms with Crippen LogP contribution < -0.4 is 10.6 Å². The number of unbranched alkanes of at least 4 members (excludes halogenated alkanes) is 3. The Bertz CT molecular complexity index is 1860. The van der Waals surface area contributed by atoms with Crippen molar-refractivity contribution in [1.82, 2.24) is 35.1 Å². The van der Waals surface area contributed by atoms with E-state index in [0.717, 1.165) is 9.13 Å². The number of urea groups is 1. The smallest absolute Gasteiger partial charge is 0.326 e. The minimum atomic E-state index is -1.31. The first-order valence-electron chi connectivity index (χ1n) is 23.0. The molecule has 1 saturated heterocycles. The Morgan fingerprint density at radius 3 is 1.55 bits per heavy atom. The highest BCUT2D eigenvalue weighted by molar-refractivity contribution is 14.1. The second-order valence-electron chi connectivity index (χ2n) is 17.1. The topological polar surface area (TPSA) is 332 Å². The van der Waals surface area contributed by atoms with Crippen molar-refractivity contribution in [2.24, 2.45) is 0 Å². The van der Waals surface area contributed by atoms with Gasteiger partial charge in [-0.25, -0.2) is 9.59 Å². The van der Waals surface area contributed by atoms with Crippen molar-refractivity contribution in [3.05, 3.63) is 33.4 Å². The highest BCUT2D eigenvalue weighted by Crippen LogP contribution is 2.16.